The van der Waals surface area contributed by atoms with E-state index in [0.29, 0.717) is 40.0 Å². The number of nitrogens with one attached hydrogen (secondary N) is 1. The monoisotopic (exact) mass is 437 g/mol. The predicted molar refractivity (Wildman–Crippen MR) is 115 cm³/mol. The molecule has 2 aromatic heterocycles. The highest BCUT2D eigenvalue weighted by Gasteiger charge is 2.23. The average molecular weight is 437 g/mol. The molecule has 2 heterocycles. The van der Waals surface area contributed by atoms with Crippen molar-refractivity contribution in [3.8, 4) is 5.75 Å². The second-order valence-electron chi connectivity index (χ2n) is 7.20. The van der Waals surface area contributed by atoms with E-state index in [0.717, 1.165) is 17.8 Å². The van der Waals surface area contributed by atoms with Crippen molar-refractivity contribution in [2.24, 2.45) is 0 Å². The lowest BCUT2D eigenvalue weighted by Crippen LogP contribution is -2.24. The number of hydrogen-bond acceptors (Lipinski definition) is 4. The van der Waals surface area contributed by atoms with E-state index < -0.39 is 17.5 Å². The summed E-state index contributed by atoms with van der Waals surface area (Å²) in [6, 6.07) is 14.3. The second kappa shape index (κ2) is 9.15. The minimum Gasteiger partial charge on any atom is -0.497 e. The van der Waals surface area contributed by atoms with Crippen molar-refractivity contribution in [3.63, 3.8) is 0 Å². The van der Waals surface area contributed by atoms with Crippen LogP contribution in [-0.2, 0) is 19.7 Å². The highest BCUT2D eigenvalue weighted by molar-refractivity contribution is 6.08. The molecular formula is C24H21F2N3O3. The number of aromatic nitrogens is 2. The van der Waals surface area contributed by atoms with Crippen LogP contribution < -0.4 is 10.1 Å². The Labute approximate surface area is 183 Å². The van der Waals surface area contributed by atoms with Gasteiger partial charge in [-0.05, 0) is 42.0 Å². The molecular weight excluding hydrogens is 416 g/mol. The van der Waals surface area contributed by atoms with E-state index >= 15 is 0 Å². The molecule has 0 atom stereocenters. The lowest BCUT2D eigenvalue weighted by molar-refractivity contribution is 0.0949. The Kier molecular flexibility index (Phi) is 6.13. The van der Waals surface area contributed by atoms with Crippen molar-refractivity contribution in [1.29, 1.82) is 0 Å². The molecule has 6 nitrogen and oxygen atoms in total. The Morgan fingerprint density at radius 3 is 2.66 bits per heavy atom. The van der Waals surface area contributed by atoms with E-state index in [1.54, 1.807) is 31.5 Å². The summed E-state index contributed by atoms with van der Waals surface area (Å²) in [7, 11) is 1.55. The van der Waals surface area contributed by atoms with Crippen LogP contribution in [0.2, 0.25) is 0 Å². The SMILES string of the molecule is COc1ccc2c(C(=O)NCc3ccc(F)c(F)c3)c(CO)n(Cc3ccccn3)c2c1. The number of aliphatic hydroxyl groups excluding tert-OH is 1. The number of halogens is 2. The lowest BCUT2D eigenvalue weighted by atomic mass is 10.1. The summed E-state index contributed by atoms with van der Waals surface area (Å²) in [5.74, 6) is -1.76. The minimum absolute atomic E-state index is 0.00394. The molecule has 0 saturated carbocycles. The first kappa shape index (κ1) is 21.5. The van der Waals surface area contributed by atoms with Gasteiger partial charge in [-0.3, -0.25) is 9.78 Å². The Morgan fingerprint density at radius 1 is 1.12 bits per heavy atom. The number of fused-ring (bicyclic) bond motifs is 1. The Bertz CT molecular complexity index is 1270. The van der Waals surface area contributed by atoms with Crippen LogP contribution in [-0.4, -0.2) is 27.7 Å². The van der Waals surface area contributed by atoms with Gasteiger partial charge in [-0.1, -0.05) is 12.1 Å². The first-order valence-electron chi connectivity index (χ1n) is 9.93. The van der Waals surface area contributed by atoms with Gasteiger partial charge in [-0.25, -0.2) is 8.78 Å². The maximum Gasteiger partial charge on any atom is 0.254 e. The summed E-state index contributed by atoms with van der Waals surface area (Å²) < 4.78 is 33.8. The highest BCUT2D eigenvalue weighted by Crippen LogP contribution is 2.30. The van der Waals surface area contributed by atoms with Crippen molar-refractivity contribution in [1.82, 2.24) is 14.9 Å². The van der Waals surface area contributed by atoms with Crippen LogP contribution in [0.4, 0.5) is 8.78 Å². The van der Waals surface area contributed by atoms with Gasteiger partial charge in [0.05, 0.1) is 42.7 Å². The quantitative estimate of drug-likeness (QED) is 0.461. The molecule has 0 aliphatic rings. The van der Waals surface area contributed by atoms with Crippen LogP contribution in [0.1, 0.15) is 27.3 Å². The van der Waals surface area contributed by atoms with Crippen LogP contribution in [0.15, 0.2) is 60.8 Å². The maximum atomic E-state index is 13.5. The number of carbonyl (C=O) groups is 1. The summed E-state index contributed by atoms with van der Waals surface area (Å²) >= 11 is 0. The zero-order valence-electron chi connectivity index (χ0n) is 17.3. The number of amides is 1. The maximum absolute atomic E-state index is 13.5. The second-order valence-corrected chi connectivity index (χ2v) is 7.20. The van der Waals surface area contributed by atoms with Crippen LogP contribution in [0.3, 0.4) is 0 Å². The molecule has 0 aliphatic carbocycles. The molecule has 0 saturated heterocycles. The molecule has 2 N–H and O–H groups in total. The summed E-state index contributed by atoms with van der Waals surface area (Å²) in [4.78, 5) is 17.5. The van der Waals surface area contributed by atoms with Crippen LogP contribution in [0.25, 0.3) is 10.9 Å². The average Bonchev–Trinajstić information content (AvgIpc) is 3.12. The van der Waals surface area contributed by atoms with Crippen LogP contribution >= 0.6 is 0 Å². The topological polar surface area (TPSA) is 76.4 Å². The molecule has 0 bridgehead atoms. The first-order valence-corrected chi connectivity index (χ1v) is 9.93. The summed E-state index contributed by atoms with van der Waals surface area (Å²) in [5.41, 5.74) is 2.61. The van der Waals surface area contributed by atoms with E-state index in [2.05, 4.69) is 10.3 Å². The molecule has 0 fully saturated rings. The number of nitrogens with zero attached hydrogens (tertiary/aromatic N) is 2. The molecule has 0 unspecified atom stereocenters. The zero-order chi connectivity index (χ0) is 22.7. The van der Waals surface area contributed by atoms with Gasteiger partial charge in [0, 0.05) is 24.2 Å². The molecule has 4 aromatic rings. The fraction of sp³-hybridized carbons (Fsp3) is 0.167. The van der Waals surface area contributed by atoms with Crippen molar-refractivity contribution < 1.29 is 23.4 Å². The fourth-order valence-corrected chi connectivity index (χ4v) is 3.68. The standard InChI is InChI=1S/C24H21F2N3O3/c1-32-17-6-7-18-21(11-17)29(13-16-4-2-3-9-27-16)22(14-30)23(18)24(31)28-12-15-5-8-19(25)20(26)10-15/h2-11,30H,12-14H2,1H3,(H,28,31). The third-order valence-electron chi connectivity index (χ3n) is 5.24. The molecule has 0 radical (unpaired) electrons. The van der Waals surface area contributed by atoms with Gasteiger partial charge in [0.1, 0.15) is 5.75 Å². The van der Waals surface area contributed by atoms with Crippen molar-refractivity contribution in [2.45, 2.75) is 19.7 Å². The number of methoxy groups -OCH3 is 1. The third-order valence-corrected chi connectivity index (χ3v) is 5.24. The number of rotatable bonds is 7. The molecule has 164 valence electrons. The van der Waals surface area contributed by atoms with Gasteiger partial charge in [-0.15, -0.1) is 0 Å². The number of ether oxygens (including phenoxy) is 1. The number of benzene rings is 2. The zero-order valence-corrected chi connectivity index (χ0v) is 17.3. The van der Waals surface area contributed by atoms with Crippen molar-refractivity contribution in [3.05, 3.63) is 94.9 Å². The highest BCUT2D eigenvalue weighted by atomic mass is 19.2. The predicted octanol–water partition coefficient (Wildman–Crippen LogP) is 3.79. The summed E-state index contributed by atoms with van der Waals surface area (Å²) in [5, 5.41) is 13.5. The van der Waals surface area contributed by atoms with Crippen molar-refractivity contribution >= 4 is 16.8 Å². The largest absolute Gasteiger partial charge is 0.497 e. The van der Waals surface area contributed by atoms with E-state index in [-0.39, 0.29) is 13.2 Å². The Balaban J connectivity index is 1.74. The Hall–Kier alpha value is -3.78. The van der Waals surface area contributed by atoms with Gasteiger partial charge in [-0.2, -0.15) is 0 Å². The molecule has 8 heteroatoms. The molecule has 4 rings (SSSR count). The molecule has 32 heavy (non-hydrogen) atoms. The van der Waals surface area contributed by atoms with Gasteiger partial charge >= 0.3 is 0 Å². The van der Waals surface area contributed by atoms with Gasteiger partial charge in [0.25, 0.3) is 5.91 Å². The summed E-state index contributed by atoms with van der Waals surface area (Å²) in [6.45, 7) is -0.0292. The van der Waals surface area contributed by atoms with E-state index in [1.807, 2.05) is 22.8 Å². The van der Waals surface area contributed by atoms with Crippen LogP contribution in [0.5, 0.6) is 5.75 Å². The lowest BCUT2D eigenvalue weighted by Gasteiger charge is -2.11. The van der Waals surface area contributed by atoms with Gasteiger partial charge in [0.15, 0.2) is 11.6 Å². The fourth-order valence-electron chi connectivity index (χ4n) is 3.68. The van der Waals surface area contributed by atoms with Gasteiger partial charge < -0.3 is 19.7 Å². The minimum atomic E-state index is -0.980. The third kappa shape index (κ3) is 4.17. The number of pyridine rings is 1. The molecule has 1 amide bonds. The molecule has 0 spiro atoms. The number of carbonyl (C=O) groups excluding carboxylic acids is 1. The normalized spacial score (nSPS) is 11.0. The van der Waals surface area contributed by atoms with Crippen molar-refractivity contribution in [2.75, 3.05) is 7.11 Å². The molecule has 2 aromatic carbocycles. The van der Waals surface area contributed by atoms with E-state index in [9.17, 15) is 18.7 Å². The van der Waals surface area contributed by atoms with Gasteiger partial charge in [0.2, 0.25) is 0 Å². The summed E-state index contributed by atoms with van der Waals surface area (Å²) in [6.07, 6.45) is 1.68. The van der Waals surface area contributed by atoms with Crippen LogP contribution in [0, 0.1) is 11.6 Å². The van der Waals surface area contributed by atoms with E-state index in [1.165, 1.54) is 6.07 Å². The van der Waals surface area contributed by atoms with E-state index in [4.69, 9.17) is 4.74 Å². The molecule has 0 aliphatic heterocycles. The first-order chi connectivity index (χ1) is 15.5. The number of aliphatic hydroxyl groups is 1. The Morgan fingerprint density at radius 2 is 1.97 bits per heavy atom. The number of hydrogen-bond donors (Lipinski definition) is 2. The smallest absolute Gasteiger partial charge is 0.254 e.